The zero-order valence-electron chi connectivity index (χ0n) is 5.97. The molecule has 0 saturated heterocycles. The van der Waals surface area contributed by atoms with Crippen LogP contribution in [-0.4, -0.2) is 28.4 Å². The highest BCUT2D eigenvalue weighted by Gasteiger charge is 2.20. The van der Waals surface area contributed by atoms with Crippen LogP contribution in [0.5, 0.6) is 0 Å². The molecule has 0 aliphatic heterocycles. The first-order valence-corrected chi connectivity index (χ1v) is 2.37. The van der Waals surface area contributed by atoms with E-state index in [0.29, 0.717) is 0 Å². The normalized spacial score (nSPS) is 9.60. The van der Waals surface area contributed by atoms with Gasteiger partial charge < -0.3 is 34.6 Å². The van der Waals surface area contributed by atoms with Gasteiger partial charge in [0.1, 0.15) is 0 Å². The molecule has 0 aromatic heterocycles. The summed E-state index contributed by atoms with van der Waals surface area (Å²) in [5.74, 6) is 0. The lowest BCUT2D eigenvalue weighted by Crippen LogP contribution is -3.02. The van der Waals surface area contributed by atoms with Crippen molar-refractivity contribution in [3.8, 4) is 0 Å². The predicted octanol–water partition coefficient (Wildman–Crippen LogP) is -2.94. The quantitative estimate of drug-likeness (QED) is 0.302. The summed E-state index contributed by atoms with van der Waals surface area (Å²) in [7, 11) is 0.250. The maximum atomic E-state index is 9.75. The molecule has 0 saturated carbocycles. The lowest BCUT2D eigenvalue weighted by atomic mass is 10.3. The molecule has 0 unspecified atom stereocenters. The van der Waals surface area contributed by atoms with Crippen molar-refractivity contribution >= 4 is 7.25 Å². The number of hydrogen-bond donors (Lipinski definition) is 1. The Kier molecular flexibility index (Phi) is 11.8. The Morgan fingerprint density at radius 2 is 0.900 bits per heavy atom. The highest BCUT2D eigenvalue weighted by atomic mass is 35.5. The van der Waals surface area contributed by atoms with E-state index in [1.54, 1.807) is 0 Å². The van der Waals surface area contributed by atoms with Crippen LogP contribution in [-0.2, 0) is 0 Å². The van der Waals surface area contributed by atoms with Crippen LogP contribution in [0.15, 0.2) is 0 Å². The Balaban J connectivity index is -0.0000000910. The van der Waals surface area contributed by atoms with Gasteiger partial charge in [0.2, 0.25) is 0 Å². The summed E-state index contributed by atoms with van der Waals surface area (Å²) in [5, 5.41) is 0. The molecule has 0 amide bonds. The third kappa shape index (κ3) is 326000. The van der Waals surface area contributed by atoms with Crippen LogP contribution in [0.3, 0.4) is 0 Å². The molecule has 0 radical (unpaired) electrons. The van der Waals surface area contributed by atoms with Gasteiger partial charge in [-0.05, 0) is 0 Å². The van der Waals surface area contributed by atoms with Crippen LogP contribution in [0.4, 0.5) is 17.3 Å². The largest absolute Gasteiger partial charge is 1.00 e. The summed E-state index contributed by atoms with van der Waals surface area (Å²) in [6, 6.07) is 0. The topological polar surface area (TPSA) is 4.44 Å². The van der Waals surface area contributed by atoms with E-state index in [-0.39, 0.29) is 12.4 Å². The second-order valence-electron chi connectivity index (χ2n) is 1.99. The maximum absolute atomic E-state index is 9.75. The molecular weight excluding hydrogens is 172 g/mol. The minimum Gasteiger partial charge on any atom is -1.00 e. The Morgan fingerprint density at radius 1 is 0.900 bits per heavy atom. The molecule has 0 rings (SSSR count). The van der Waals surface area contributed by atoms with Gasteiger partial charge in [-0.25, -0.2) is 0 Å². The number of quaternary nitrogens is 1. The van der Waals surface area contributed by atoms with Crippen molar-refractivity contribution < 1.29 is 34.6 Å². The molecule has 66 valence electrons. The molecular formula is C3H10BClF4N-. The van der Waals surface area contributed by atoms with Crippen molar-refractivity contribution in [3.63, 3.8) is 0 Å². The molecule has 0 aliphatic rings. The third-order valence-electron chi connectivity index (χ3n) is 0. The van der Waals surface area contributed by atoms with Gasteiger partial charge in [0.25, 0.3) is 0 Å². The van der Waals surface area contributed by atoms with Gasteiger partial charge in [0.15, 0.2) is 0 Å². The Hall–Kier alpha value is 0.0349. The van der Waals surface area contributed by atoms with Crippen molar-refractivity contribution in [3.05, 3.63) is 0 Å². The first-order chi connectivity index (χ1) is 3.73. The molecule has 0 aliphatic carbocycles. The lowest BCUT2D eigenvalue weighted by Gasteiger charge is -1.94. The van der Waals surface area contributed by atoms with Gasteiger partial charge in [0.05, 0.1) is 21.1 Å². The molecule has 0 bridgehead atoms. The van der Waals surface area contributed by atoms with Crippen LogP contribution >= 0.6 is 0 Å². The van der Waals surface area contributed by atoms with Crippen molar-refractivity contribution in [2.45, 2.75) is 0 Å². The molecule has 0 fully saturated rings. The molecule has 7 heteroatoms. The summed E-state index contributed by atoms with van der Waals surface area (Å²) in [6.45, 7) is 0. The van der Waals surface area contributed by atoms with E-state index in [1.165, 1.54) is 4.90 Å². The fourth-order valence-corrected chi connectivity index (χ4v) is 0. The van der Waals surface area contributed by atoms with E-state index in [2.05, 4.69) is 21.1 Å². The number of halogens is 5. The first kappa shape index (κ1) is 16.6. The highest BCUT2D eigenvalue weighted by molar-refractivity contribution is 6.50. The summed E-state index contributed by atoms with van der Waals surface area (Å²) in [5.41, 5.74) is 0. The second-order valence-corrected chi connectivity index (χ2v) is 1.99. The van der Waals surface area contributed by atoms with Gasteiger partial charge in [-0.1, -0.05) is 0 Å². The minimum atomic E-state index is -6.00. The minimum absolute atomic E-state index is 0. The smallest absolute Gasteiger partial charge is 0.673 e. The van der Waals surface area contributed by atoms with Crippen molar-refractivity contribution in [1.82, 2.24) is 0 Å². The van der Waals surface area contributed by atoms with Crippen molar-refractivity contribution in [2.75, 3.05) is 21.1 Å². The number of hydrogen-bond acceptors (Lipinski definition) is 0. The molecule has 1 N–H and O–H groups in total. The Bertz CT molecular complexity index is 57.3. The molecule has 0 heterocycles. The van der Waals surface area contributed by atoms with Gasteiger partial charge in [0, 0.05) is 0 Å². The van der Waals surface area contributed by atoms with E-state index < -0.39 is 7.25 Å². The van der Waals surface area contributed by atoms with Gasteiger partial charge in [-0.15, -0.1) is 0 Å². The zero-order chi connectivity index (χ0) is 8.08. The monoisotopic (exact) mass is 182 g/mol. The van der Waals surface area contributed by atoms with Crippen molar-refractivity contribution in [1.29, 1.82) is 0 Å². The van der Waals surface area contributed by atoms with E-state index in [0.717, 1.165) is 0 Å². The summed E-state index contributed by atoms with van der Waals surface area (Å²) in [6.07, 6.45) is 0. The Morgan fingerprint density at radius 3 is 0.900 bits per heavy atom. The van der Waals surface area contributed by atoms with Gasteiger partial charge in [-0.2, -0.15) is 0 Å². The Labute approximate surface area is 63.9 Å². The van der Waals surface area contributed by atoms with Crippen molar-refractivity contribution in [2.24, 2.45) is 0 Å². The number of nitrogens with one attached hydrogen (secondary N) is 1. The molecule has 0 atom stereocenters. The molecule has 0 spiro atoms. The summed E-state index contributed by atoms with van der Waals surface area (Å²) < 4.78 is 39.0. The fourth-order valence-electron chi connectivity index (χ4n) is 0. The summed E-state index contributed by atoms with van der Waals surface area (Å²) in [4.78, 5) is 1.42. The van der Waals surface area contributed by atoms with E-state index in [1.807, 2.05) is 0 Å². The molecule has 1 nitrogen and oxygen atoms in total. The third-order valence-corrected chi connectivity index (χ3v) is 0. The highest BCUT2D eigenvalue weighted by Crippen LogP contribution is 2.06. The predicted molar refractivity (Wildman–Crippen MR) is 28.9 cm³/mol. The van der Waals surface area contributed by atoms with Crippen LogP contribution in [0.1, 0.15) is 0 Å². The summed E-state index contributed by atoms with van der Waals surface area (Å²) >= 11 is 0. The average molecular weight is 182 g/mol. The van der Waals surface area contributed by atoms with Crippen LogP contribution in [0.2, 0.25) is 0 Å². The fraction of sp³-hybridized carbons (Fsp3) is 1.00. The molecule has 0 aromatic carbocycles. The molecule has 10 heavy (non-hydrogen) atoms. The second kappa shape index (κ2) is 7.15. The van der Waals surface area contributed by atoms with E-state index in [4.69, 9.17) is 0 Å². The van der Waals surface area contributed by atoms with E-state index in [9.17, 15) is 17.3 Å². The number of rotatable bonds is 0. The SMILES string of the molecule is C[NH+](C)C.F[B-](F)(F)F.[Cl-]. The van der Waals surface area contributed by atoms with Gasteiger partial charge >= 0.3 is 7.25 Å². The standard InChI is InChI=1S/C3H9N.BF4.ClH/c1-4(2)3;2-1(3,4)5;/h1-3H3;;1H/q;-1;. The van der Waals surface area contributed by atoms with Crippen LogP contribution in [0.25, 0.3) is 0 Å². The average Bonchev–Trinajstić information content (AvgIpc) is 1.19. The lowest BCUT2D eigenvalue weighted by molar-refractivity contribution is -0.836. The molecule has 0 aromatic rings. The zero-order valence-corrected chi connectivity index (χ0v) is 6.72. The van der Waals surface area contributed by atoms with E-state index >= 15 is 0 Å². The van der Waals surface area contributed by atoms with Crippen LogP contribution < -0.4 is 17.3 Å². The first-order valence-electron chi connectivity index (χ1n) is 2.37. The van der Waals surface area contributed by atoms with Crippen LogP contribution in [0, 0.1) is 0 Å². The maximum Gasteiger partial charge on any atom is 0.673 e. The van der Waals surface area contributed by atoms with Gasteiger partial charge in [-0.3, -0.25) is 0 Å².